The minimum atomic E-state index is -1.14. The van der Waals surface area contributed by atoms with E-state index in [-0.39, 0.29) is 76.5 Å². The van der Waals surface area contributed by atoms with Crippen LogP contribution in [0.15, 0.2) is 98.1 Å². The summed E-state index contributed by atoms with van der Waals surface area (Å²) in [5, 5.41) is 0. The smallest absolute Gasteiger partial charge is 0.343 e. The predicted octanol–water partition coefficient (Wildman–Crippen LogP) is 8.51. The number of hydrogen-bond donors (Lipinski definition) is 0. The number of carbonyl (C=O) groups excluding carboxylic acids is 9. The number of aryl methyl sites for hydroxylation is 1. The van der Waals surface area contributed by atoms with Gasteiger partial charge in [0.15, 0.2) is 11.6 Å². The van der Waals surface area contributed by atoms with E-state index in [2.05, 4.69) is 13.2 Å². The lowest BCUT2D eigenvalue weighted by atomic mass is 9.94. The molecule has 0 saturated carbocycles. The van der Waals surface area contributed by atoms with Crippen LogP contribution in [0.1, 0.15) is 123 Å². The van der Waals surface area contributed by atoms with E-state index >= 15 is 0 Å². The van der Waals surface area contributed by atoms with Gasteiger partial charge >= 0.3 is 41.8 Å². The number of esters is 7. The van der Waals surface area contributed by atoms with Gasteiger partial charge in [-0.05, 0) is 132 Å². The number of hydrogen-bond acceptors (Lipinski definition) is 17. The van der Waals surface area contributed by atoms with Crippen molar-refractivity contribution in [3.8, 4) is 17.2 Å². The summed E-state index contributed by atoms with van der Waals surface area (Å²) in [6.45, 7) is 10.1. The number of rotatable bonds is 35. The molecule has 0 spiro atoms. The highest BCUT2D eigenvalue weighted by Gasteiger charge is 2.31. The van der Waals surface area contributed by atoms with Crippen molar-refractivity contribution in [3.05, 3.63) is 115 Å². The Kier molecular flexibility index (Phi) is 26.4. The molecule has 17 nitrogen and oxygen atoms in total. The van der Waals surface area contributed by atoms with Crippen LogP contribution in [0, 0.1) is 12.3 Å². The lowest BCUT2D eigenvalue weighted by molar-refractivity contribution is -0.161. The molecule has 382 valence electrons. The number of Topliss-reactive ketones (excluding diaryl/α,β-unsaturated/α-hetero) is 2. The van der Waals surface area contributed by atoms with Gasteiger partial charge in [-0.1, -0.05) is 30.9 Å². The zero-order valence-electron chi connectivity index (χ0n) is 40.6. The quantitative estimate of drug-likeness (QED) is 0.0134. The maximum atomic E-state index is 12.7. The highest BCUT2D eigenvalue weighted by molar-refractivity contribution is 6.37. The van der Waals surface area contributed by atoms with Crippen molar-refractivity contribution in [3.63, 3.8) is 0 Å². The minimum Gasteiger partial charge on any atom is -0.494 e. The van der Waals surface area contributed by atoms with Gasteiger partial charge in [0.2, 0.25) is 0 Å². The summed E-state index contributed by atoms with van der Waals surface area (Å²) < 4.78 is 42.7. The topological polar surface area (TPSA) is 227 Å². The minimum absolute atomic E-state index is 0.00761. The van der Waals surface area contributed by atoms with Crippen molar-refractivity contribution in [2.24, 2.45) is 5.41 Å². The van der Waals surface area contributed by atoms with Crippen LogP contribution < -0.4 is 14.2 Å². The Bertz CT molecular complexity index is 2200. The van der Waals surface area contributed by atoms with Crippen LogP contribution in [0.2, 0.25) is 0 Å². The molecule has 0 amide bonds. The van der Waals surface area contributed by atoms with Crippen molar-refractivity contribution in [2.45, 2.75) is 104 Å². The van der Waals surface area contributed by atoms with Crippen molar-refractivity contribution in [1.29, 1.82) is 0 Å². The lowest BCUT2D eigenvalue weighted by Crippen LogP contribution is -2.37. The van der Waals surface area contributed by atoms with Gasteiger partial charge in [0, 0.05) is 37.8 Å². The van der Waals surface area contributed by atoms with Crippen LogP contribution in [-0.4, -0.2) is 93.0 Å². The second kappa shape index (κ2) is 32.4. The van der Waals surface area contributed by atoms with E-state index in [1.807, 2.05) is 19.1 Å². The molecule has 0 bridgehead atoms. The molecule has 3 aromatic rings. The molecule has 0 fully saturated rings. The molecule has 0 aliphatic rings. The number of benzene rings is 3. The molecular formula is C54H64O17. The fourth-order valence-corrected chi connectivity index (χ4v) is 6.20. The molecular weight excluding hydrogens is 921 g/mol. The second-order valence-corrected chi connectivity index (χ2v) is 16.8. The first kappa shape index (κ1) is 57.9. The molecule has 3 aromatic carbocycles. The van der Waals surface area contributed by atoms with Crippen molar-refractivity contribution < 1.29 is 81.0 Å². The third-order valence-electron chi connectivity index (χ3n) is 10.4. The molecule has 17 heteroatoms. The van der Waals surface area contributed by atoms with Crippen molar-refractivity contribution in [2.75, 3.05) is 39.6 Å². The number of unbranched alkanes of at least 4 members (excludes halogenated alkanes) is 6. The van der Waals surface area contributed by atoms with Crippen LogP contribution in [-0.2, 0) is 57.2 Å². The van der Waals surface area contributed by atoms with Crippen LogP contribution in [0.5, 0.6) is 17.2 Å². The largest absolute Gasteiger partial charge is 0.494 e. The fourth-order valence-electron chi connectivity index (χ4n) is 6.20. The Morgan fingerprint density at radius 2 is 0.817 bits per heavy atom. The Morgan fingerprint density at radius 1 is 0.437 bits per heavy atom. The van der Waals surface area contributed by atoms with Gasteiger partial charge in [-0.2, -0.15) is 0 Å². The van der Waals surface area contributed by atoms with Gasteiger partial charge in [0.25, 0.3) is 0 Å². The molecule has 0 aliphatic carbocycles. The molecule has 0 aliphatic heterocycles. The maximum absolute atomic E-state index is 12.7. The van der Waals surface area contributed by atoms with Crippen molar-refractivity contribution in [1.82, 2.24) is 0 Å². The van der Waals surface area contributed by atoms with Crippen LogP contribution in [0.25, 0.3) is 0 Å². The highest BCUT2D eigenvalue weighted by atomic mass is 16.6. The molecule has 0 unspecified atom stereocenters. The molecule has 0 atom stereocenters. The van der Waals surface area contributed by atoms with Gasteiger partial charge in [-0.25, -0.2) is 19.2 Å². The van der Waals surface area contributed by atoms with Crippen LogP contribution >= 0.6 is 0 Å². The summed E-state index contributed by atoms with van der Waals surface area (Å²) in [7, 11) is 0. The first-order valence-electron chi connectivity index (χ1n) is 23.5. The molecule has 0 heterocycles. The first-order chi connectivity index (χ1) is 34.1. The first-order valence-corrected chi connectivity index (χ1v) is 23.5. The Balaban J connectivity index is 1.33. The summed E-state index contributed by atoms with van der Waals surface area (Å²) in [6.07, 6.45) is 6.36. The Labute approximate surface area is 414 Å². The Morgan fingerprint density at radius 3 is 1.27 bits per heavy atom. The van der Waals surface area contributed by atoms with Gasteiger partial charge < -0.3 is 37.9 Å². The van der Waals surface area contributed by atoms with E-state index < -0.39 is 58.8 Å². The second-order valence-electron chi connectivity index (χ2n) is 16.8. The zero-order chi connectivity index (χ0) is 51.9. The van der Waals surface area contributed by atoms with Crippen molar-refractivity contribution >= 4 is 53.4 Å². The van der Waals surface area contributed by atoms with Gasteiger partial charge in [0.05, 0.1) is 42.8 Å². The van der Waals surface area contributed by atoms with E-state index in [0.29, 0.717) is 81.5 Å². The normalized spacial score (nSPS) is 10.7. The average Bonchev–Trinajstić information content (AvgIpc) is 3.37. The summed E-state index contributed by atoms with van der Waals surface area (Å²) in [4.78, 5) is 110. The molecule has 71 heavy (non-hydrogen) atoms. The summed E-state index contributed by atoms with van der Waals surface area (Å²) in [6, 6.07) is 19.5. The lowest BCUT2D eigenvalue weighted by Gasteiger charge is -2.28. The SMILES string of the molecule is C=CC(=O)OCCCCCC(=O)OCC(C)(COC(=O)CCCCCOC(=O)C=C)COC(=O)CCC(=O)C(=O)CCCCCOc1ccc(C(=O)Oc2ccc(OC(=O)c3ccc(C)cc3)cc2)cc1. The number of ketones is 2. The average molecular weight is 985 g/mol. The van der Waals surface area contributed by atoms with E-state index in [0.717, 1.165) is 17.7 Å². The van der Waals surface area contributed by atoms with E-state index in [1.54, 1.807) is 43.3 Å². The standard InChI is InChI=1S/C54H64O17/c1-5-47(57)65-34-14-8-11-17-49(59)67-36-54(4,37-68-50(60)18-12-9-15-35-66-48(58)6-2)38-69-51(61)32-31-46(56)45(55)16-10-7-13-33-64-42-25-23-41(24-26-42)53(63)71-44-29-27-43(28-30-44)70-52(62)40-21-19-39(3)20-22-40/h5-6,19-30H,1-2,7-18,31-38H2,3-4H3. The third-order valence-corrected chi connectivity index (χ3v) is 10.4. The molecule has 3 rings (SSSR count). The van der Waals surface area contributed by atoms with Gasteiger partial charge in [-0.3, -0.25) is 24.0 Å². The molecule has 0 N–H and O–H groups in total. The third kappa shape index (κ3) is 24.6. The molecule has 0 saturated heterocycles. The monoisotopic (exact) mass is 984 g/mol. The van der Waals surface area contributed by atoms with Crippen LogP contribution in [0.4, 0.5) is 0 Å². The number of carbonyl (C=O) groups is 9. The maximum Gasteiger partial charge on any atom is 0.343 e. The summed E-state index contributed by atoms with van der Waals surface area (Å²) in [5.41, 5.74) is 0.582. The van der Waals surface area contributed by atoms with E-state index in [9.17, 15) is 43.2 Å². The van der Waals surface area contributed by atoms with E-state index in [1.165, 1.54) is 24.3 Å². The fraction of sp³-hybridized carbons (Fsp3) is 0.426. The van der Waals surface area contributed by atoms with Gasteiger partial charge in [-0.15, -0.1) is 0 Å². The zero-order valence-corrected chi connectivity index (χ0v) is 40.6. The van der Waals surface area contributed by atoms with Crippen LogP contribution in [0.3, 0.4) is 0 Å². The highest BCUT2D eigenvalue weighted by Crippen LogP contribution is 2.23. The summed E-state index contributed by atoms with van der Waals surface area (Å²) in [5.74, 6) is -4.23. The molecule has 0 radical (unpaired) electrons. The predicted molar refractivity (Wildman–Crippen MR) is 257 cm³/mol. The Hall–Kier alpha value is -7.43. The molecule has 0 aromatic heterocycles. The van der Waals surface area contributed by atoms with E-state index in [4.69, 9.17) is 37.9 Å². The van der Waals surface area contributed by atoms with Gasteiger partial charge in [0.1, 0.15) is 37.1 Å². The summed E-state index contributed by atoms with van der Waals surface area (Å²) >= 11 is 0. The number of ether oxygens (including phenoxy) is 8.